The summed E-state index contributed by atoms with van der Waals surface area (Å²) in [7, 11) is 0. The van der Waals surface area contributed by atoms with Crippen LogP contribution in [0.2, 0.25) is 0 Å². The van der Waals surface area contributed by atoms with E-state index in [1.165, 1.54) is 98.0 Å². The van der Waals surface area contributed by atoms with Crippen molar-refractivity contribution in [2.75, 3.05) is 23.0 Å². The Bertz CT molecular complexity index is 3950. The lowest BCUT2D eigenvalue weighted by molar-refractivity contribution is 0.317. The number of nitrogens with zero attached hydrogens (tertiary/aromatic N) is 2. The van der Waals surface area contributed by atoms with Crippen LogP contribution in [-0.2, 0) is 0 Å². The molecule has 0 aliphatic rings. The molecule has 2 atom stereocenters. The van der Waals surface area contributed by atoms with Gasteiger partial charge in [-0.25, -0.2) is 0 Å². The van der Waals surface area contributed by atoms with Crippen molar-refractivity contribution in [2.45, 2.75) is 79.1 Å². The predicted molar refractivity (Wildman–Crippen MR) is 343 cm³/mol. The van der Waals surface area contributed by atoms with Crippen LogP contribution in [-0.4, -0.2) is 13.2 Å². The summed E-state index contributed by atoms with van der Waals surface area (Å²) >= 11 is 0. The molecule has 4 heteroatoms. The lowest BCUT2D eigenvalue weighted by Crippen LogP contribution is -2.11. The highest BCUT2D eigenvalue weighted by Crippen LogP contribution is 2.58. The van der Waals surface area contributed by atoms with Crippen LogP contribution < -0.4 is 19.3 Å². The number of anilines is 6. The summed E-state index contributed by atoms with van der Waals surface area (Å²) in [5, 5.41) is 15.1. The number of benzene rings is 11. The van der Waals surface area contributed by atoms with E-state index in [0.717, 1.165) is 71.3 Å². The van der Waals surface area contributed by atoms with Crippen LogP contribution >= 0.6 is 0 Å². The molecule has 4 nitrogen and oxygen atoms in total. The number of fused-ring (bicyclic) bond motifs is 6. The van der Waals surface area contributed by atoms with E-state index in [4.69, 9.17) is 9.47 Å². The monoisotopic (exact) mass is 1040 g/mol. The molecule has 2 unspecified atom stereocenters. The Balaban J connectivity index is 1.11. The maximum Gasteiger partial charge on any atom is 0.119 e. The number of hydrogen-bond donors (Lipinski definition) is 0. The Labute approximate surface area is 471 Å². The van der Waals surface area contributed by atoms with Crippen LogP contribution in [0.5, 0.6) is 11.5 Å². The molecule has 0 spiro atoms. The number of rotatable bonds is 18. The van der Waals surface area contributed by atoms with Gasteiger partial charge in [-0.2, -0.15) is 0 Å². The fourth-order valence-corrected chi connectivity index (χ4v) is 12.7. The number of hydrogen-bond acceptors (Lipinski definition) is 4. The van der Waals surface area contributed by atoms with Crippen molar-refractivity contribution in [3.63, 3.8) is 0 Å². The molecule has 394 valence electrons. The quantitative estimate of drug-likeness (QED) is 0.0855. The Hall–Kier alpha value is -8.86. The third-order valence-electron chi connectivity index (χ3n) is 17.0. The SMILES string of the molecule is CCCOc1ccc(N(c2ccc(C(C)CC)cc2)c2ccc3c4c(-c5ccccc5)c5c6cccc7c(N(c8ccc(OCCC)cc8)c8ccc(C(C)CC)cc8)ccc(c5c(-c5ccccc5)c4c4cccc2c43)c76)cc1. The maximum absolute atomic E-state index is 6.13. The Morgan fingerprint density at radius 3 is 0.975 bits per heavy atom. The summed E-state index contributed by atoms with van der Waals surface area (Å²) in [6.45, 7) is 14.8. The molecule has 0 radical (unpaired) electrons. The van der Waals surface area contributed by atoms with Crippen molar-refractivity contribution in [2.24, 2.45) is 0 Å². The van der Waals surface area contributed by atoms with E-state index < -0.39 is 0 Å². The van der Waals surface area contributed by atoms with Gasteiger partial charge in [-0.1, -0.05) is 175 Å². The van der Waals surface area contributed by atoms with E-state index in [9.17, 15) is 0 Å². The van der Waals surface area contributed by atoms with Crippen LogP contribution in [0.1, 0.15) is 90.2 Å². The zero-order valence-corrected chi connectivity index (χ0v) is 46.9. The van der Waals surface area contributed by atoms with Gasteiger partial charge in [-0.05, 0) is 210 Å². The van der Waals surface area contributed by atoms with E-state index in [-0.39, 0.29) is 0 Å². The van der Waals surface area contributed by atoms with Gasteiger partial charge in [0, 0.05) is 33.5 Å². The summed E-state index contributed by atoms with van der Waals surface area (Å²) in [6.07, 6.45) is 4.11. The minimum absolute atomic E-state index is 0.476. The first-order valence-corrected chi connectivity index (χ1v) is 29.1. The molecule has 13 aromatic rings. The fraction of sp³-hybridized carbons (Fsp3) is 0.184. The summed E-state index contributed by atoms with van der Waals surface area (Å²) in [6, 6.07) is 81.7. The van der Waals surface area contributed by atoms with Gasteiger partial charge in [-0.15, -0.1) is 0 Å². The van der Waals surface area contributed by atoms with Gasteiger partial charge in [-0.3, -0.25) is 0 Å². The van der Waals surface area contributed by atoms with Gasteiger partial charge in [0.1, 0.15) is 11.5 Å². The van der Waals surface area contributed by atoms with Gasteiger partial charge in [0.15, 0.2) is 0 Å². The first kappa shape index (κ1) is 50.6. The molecule has 0 saturated carbocycles. The molecule has 13 rings (SSSR count). The highest BCUT2D eigenvalue weighted by molar-refractivity contribution is 6.47. The van der Waals surface area contributed by atoms with Crippen molar-refractivity contribution >= 4 is 98.8 Å². The number of ether oxygens (including phenoxy) is 2. The van der Waals surface area contributed by atoms with Crippen molar-refractivity contribution in [3.05, 3.63) is 230 Å². The second kappa shape index (κ2) is 21.4. The topological polar surface area (TPSA) is 24.9 Å². The largest absolute Gasteiger partial charge is 0.494 e. The van der Waals surface area contributed by atoms with Crippen LogP contribution in [0.25, 0.3) is 86.9 Å². The average molecular weight is 1040 g/mol. The molecule has 0 saturated heterocycles. The predicted octanol–water partition coefficient (Wildman–Crippen LogP) is 22.4. The summed E-state index contributed by atoms with van der Waals surface area (Å²) < 4.78 is 12.3. The van der Waals surface area contributed by atoms with Crippen molar-refractivity contribution in [3.8, 4) is 33.8 Å². The van der Waals surface area contributed by atoms with Crippen LogP contribution in [0.15, 0.2) is 218 Å². The zero-order chi connectivity index (χ0) is 54.4. The molecule has 0 amide bonds. The third kappa shape index (κ3) is 8.61. The molecule has 0 aromatic heterocycles. The molecule has 0 aliphatic heterocycles. The lowest BCUT2D eigenvalue weighted by atomic mass is 9.87. The van der Waals surface area contributed by atoms with Gasteiger partial charge < -0.3 is 19.3 Å². The normalized spacial score (nSPS) is 12.6. The van der Waals surface area contributed by atoms with Gasteiger partial charge in [0.2, 0.25) is 0 Å². The minimum Gasteiger partial charge on any atom is -0.494 e. The van der Waals surface area contributed by atoms with E-state index in [2.05, 4.69) is 270 Å². The zero-order valence-electron chi connectivity index (χ0n) is 46.9. The summed E-state index contributed by atoms with van der Waals surface area (Å²) in [5.41, 5.74) is 14.3. The van der Waals surface area contributed by atoms with Crippen molar-refractivity contribution in [1.29, 1.82) is 0 Å². The maximum atomic E-state index is 6.13. The second-order valence-corrected chi connectivity index (χ2v) is 21.9. The average Bonchev–Trinajstić information content (AvgIpc) is 4.18. The van der Waals surface area contributed by atoms with E-state index >= 15 is 0 Å². The fourth-order valence-electron chi connectivity index (χ4n) is 12.7. The molecule has 0 N–H and O–H groups in total. The van der Waals surface area contributed by atoms with Crippen molar-refractivity contribution < 1.29 is 9.47 Å². The van der Waals surface area contributed by atoms with Gasteiger partial charge in [0.05, 0.1) is 24.6 Å². The standard InChI is InChI=1S/C76H68N2O2/c1-7-47-79-59-39-35-57(36-40-59)77(55-31-27-51(28-32-55)49(5)9-3)67-45-43-65-71-61(67)23-17-25-63(71)73-69(53-19-13-11-14-20-53)76-66-44-46-68(62-24-18-26-64(72(62)66)74(76)70(75(65)73)54-21-15-12-16-22-54)78(56-33-29-52(30-34-56)50(6)10-4)58-37-41-60(42-38-58)80-48-8-2/h11-46,49-50H,7-10,47-48H2,1-6H3. The summed E-state index contributed by atoms with van der Waals surface area (Å²) in [5.74, 6) is 2.72. The molecule has 80 heavy (non-hydrogen) atoms. The molecule has 0 aliphatic carbocycles. The Morgan fingerprint density at radius 2 is 0.637 bits per heavy atom. The molecule has 13 aromatic carbocycles. The van der Waals surface area contributed by atoms with E-state index in [1.54, 1.807) is 0 Å². The first-order chi connectivity index (χ1) is 39.4. The molecule has 0 bridgehead atoms. The highest BCUT2D eigenvalue weighted by Gasteiger charge is 2.30. The highest BCUT2D eigenvalue weighted by atomic mass is 16.5. The van der Waals surface area contributed by atoms with Gasteiger partial charge in [0.25, 0.3) is 0 Å². The van der Waals surface area contributed by atoms with Crippen LogP contribution in [0.4, 0.5) is 34.1 Å². The van der Waals surface area contributed by atoms with E-state index in [1.807, 2.05) is 0 Å². The Kier molecular flexibility index (Phi) is 13.6. The lowest BCUT2D eigenvalue weighted by Gasteiger charge is -2.27. The Morgan fingerprint density at radius 1 is 0.312 bits per heavy atom. The molecular weight excluding hydrogens is 973 g/mol. The molecule has 0 heterocycles. The molecular formula is C76H68N2O2. The van der Waals surface area contributed by atoms with Crippen LogP contribution in [0.3, 0.4) is 0 Å². The van der Waals surface area contributed by atoms with E-state index in [0.29, 0.717) is 25.0 Å². The van der Waals surface area contributed by atoms with Crippen LogP contribution in [0, 0.1) is 0 Å². The second-order valence-electron chi connectivity index (χ2n) is 21.9. The third-order valence-corrected chi connectivity index (χ3v) is 17.0. The van der Waals surface area contributed by atoms with Crippen molar-refractivity contribution in [1.82, 2.24) is 0 Å². The first-order valence-electron chi connectivity index (χ1n) is 29.1. The van der Waals surface area contributed by atoms with Gasteiger partial charge >= 0.3 is 0 Å². The smallest absolute Gasteiger partial charge is 0.119 e. The minimum atomic E-state index is 0.476. The molecule has 0 fully saturated rings. The summed E-state index contributed by atoms with van der Waals surface area (Å²) in [4.78, 5) is 4.89.